The van der Waals surface area contributed by atoms with Crippen LogP contribution in [0.1, 0.15) is 5.69 Å². The quantitative estimate of drug-likeness (QED) is 0.453. The number of rotatable bonds is 8. The zero-order chi connectivity index (χ0) is 22.3. The van der Waals surface area contributed by atoms with E-state index in [-0.39, 0.29) is 12.5 Å². The molecule has 2 aromatic carbocycles. The number of methoxy groups -OCH3 is 1. The molecule has 1 amide bonds. The number of benzene rings is 2. The van der Waals surface area contributed by atoms with Gasteiger partial charge in [-0.3, -0.25) is 4.79 Å². The maximum atomic E-state index is 12.1. The lowest BCUT2D eigenvalue weighted by atomic mass is 10.3. The van der Waals surface area contributed by atoms with Crippen LogP contribution in [0, 0.1) is 6.92 Å². The summed E-state index contributed by atoms with van der Waals surface area (Å²) in [5.41, 5.74) is 1.51. The van der Waals surface area contributed by atoms with Crippen LogP contribution in [0.4, 0.5) is 5.69 Å². The average Bonchev–Trinajstić information content (AvgIpc) is 3.26. The van der Waals surface area contributed by atoms with Gasteiger partial charge in [0.25, 0.3) is 5.91 Å². The standard InChI is InChI=1S/C23H21N5O4/c1-16-12-13-28(27-16)21-10-11-23(26-25-21)32-18-8-6-17(7-9-18)24-22(29)15-31-20-5-3-4-19(14-20)30-2/h3-14H,15H2,1-2H3,(H,24,29). The van der Waals surface area contributed by atoms with E-state index in [2.05, 4.69) is 20.6 Å². The summed E-state index contributed by atoms with van der Waals surface area (Å²) >= 11 is 0. The van der Waals surface area contributed by atoms with Crippen LogP contribution in [0.2, 0.25) is 0 Å². The van der Waals surface area contributed by atoms with E-state index in [4.69, 9.17) is 14.2 Å². The first-order valence-electron chi connectivity index (χ1n) is 9.80. The highest BCUT2D eigenvalue weighted by Gasteiger charge is 2.07. The number of nitrogens with one attached hydrogen (secondary N) is 1. The smallest absolute Gasteiger partial charge is 0.262 e. The van der Waals surface area contributed by atoms with Gasteiger partial charge in [-0.05, 0) is 55.5 Å². The second-order valence-electron chi connectivity index (χ2n) is 6.77. The molecule has 9 nitrogen and oxygen atoms in total. The van der Waals surface area contributed by atoms with Crippen LogP contribution in [0.3, 0.4) is 0 Å². The Kier molecular flexibility index (Phi) is 6.26. The topological polar surface area (TPSA) is 100 Å². The Balaban J connectivity index is 1.29. The molecule has 0 atom stereocenters. The highest BCUT2D eigenvalue weighted by Crippen LogP contribution is 2.22. The Labute approximate surface area is 184 Å². The fourth-order valence-corrected chi connectivity index (χ4v) is 2.80. The normalized spacial score (nSPS) is 10.4. The lowest BCUT2D eigenvalue weighted by Gasteiger charge is -2.09. The molecular weight excluding hydrogens is 410 g/mol. The minimum atomic E-state index is -0.281. The van der Waals surface area contributed by atoms with Crippen LogP contribution in [0.25, 0.3) is 5.82 Å². The van der Waals surface area contributed by atoms with Crippen molar-refractivity contribution in [2.24, 2.45) is 0 Å². The van der Waals surface area contributed by atoms with E-state index < -0.39 is 0 Å². The van der Waals surface area contributed by atoms with Gasteiger partial charge in [-0.25, -0.2) is 4.68 Å². The van der Waals surface area contributed by atoms with Crippen LogP contribution in [0.5, 0.6) is 23.1 Å². The Morgan fingerprint density at radius 2 is 1.78 bits per heavy atom. The minimum absolute atomic E-state index is 0.122. The predicted molar refractivity (Wildman–Crippen MR) is 118 cm³/mol. The van der Waals surface area contributed by atoms with E-state index in [1.54, 1.807) is 72.5 Å². The second kappa shape index (κ2) is 9.61. The number of ether oxygens (including phenoxy) is 3. The highest BCUT2D eigenvalue weighted by atomic mass is 16.5. The van der Waals surface area contributed by atoms with Gasteiger partial charge < -0.3 is 19.5 Å². The molecule has 0 saturated heterocycles. The fourth-order valence-electron chi connectivity index (χ4n) is 2.80. The molecule has 2 heterocycles. The van der Waals surface area contributed by atoms with Crippen LogP contribution < -0.4 is 19.5 Å². The van der Waals surface area contributed by atoms with E-state index in [9.17, 15) is 4.79 Å². The summed E-state index contributed by atoms with van der Waals surface area (Å²) in [6.07, 6.45) is 1.81. The van der Waals surface area contributed by atoms with Crippen LogP contribution in [0.15, 0.2) is 72.9 Å². The molecule has 0 aliphatic carbocycles. The number of carbonyl (C=O) groups excluding carboxylic acids is 1. The molecule has 0 aliphatic heterocycles. The van der Waals surface area contributed by atoms with Gasteiger partial charge in [0.1, 0.15) is 17.2 Å². The number of hydrogen-bond acceptors (Lipinski definition) is 7. The molecular formula is C23H21N5O4. The van der Waals surface area contributed by atoms with Crippen molar-refractivity contribution >= 4 is 11.6 Å². The first-order chi connectivity index (χ1) is 15.6. The van der Waals surface area contributed by atoms with Crippen molar-refractivity contribution in [1.82, 2.24) is 20.0 Å². The van der Waals surface area contributed by atoms with E-state index >= 15 is 0 Å². The highest BCUT2D eigenvalue weighted by molar-refractivity contribution is 5.91. The van der Waals surface area contributed by atoms with Crippen molar-refractivity contribution in [3.8, 4) is 28.9 Å². The third-order valence-corrected chi connectivity index (χ3v) is 4.35. The Bertz CT molecular complexity index is 1190. The molecule has 9 heteroatoms. The number of hydrogen-bond donors (Lipinski definition) is 1. The first kappa shape index (κ1) is 20.9. The van der Waals surface area contributed by atoms with Gasteiger partial charge in [0, 0.05) is 24.0 Å². The number of aromatic nitrogens is 4. The fraction of sp³-hybridized carbons (Fsp3) is 0.130. The van der Waals surface area contributed by atoms with E-state index in [1.807, 2.05) is 19.2 Å². The molecule has 162 valence electrons. The molecule has 32 heavy (non-hydrogen) atoms. The van der Waals surface area contributed by atoms with E-state index in [1.165, 1.54) is 0 Å². The first-order valence-corrected chi connectivity index (χ1v) is 9.80. The number of anilines is 1. The number of aryl methyl sites for hydroxylation is 1. The molecule has 0 unspecified atom stereocenters. The SMILES string of the molecule is COc1cccc(OCC(=O)Nc2ccc(Oc3ccc(-n4ccc(C)n4)nn3)cc2)c1. The van der Waals surface area contributed by atoms with Crippen molar-refractivity contribution < 1.29 is 19.0 Å². The van der Waals surface area contributed by atoms with Gasteiger partial charge in [0.15, 0.2) is 12.4 Å². The minimum Gasteiger partial charge on any atom is -0.497 e. The summed E-state index contributed by atoms with van der Waals surface area (Å²) < 4.78 is 18.0. The lowest BCUT2D eigenvalue weighted by molar-refractivity contribution is -0.118. The van der Waals surface area contributed by atoms with Gasteiger partial charge in [-0.15, -0.1) is 10.2 Å². The molecule has 0 aliphatic rings. The summed E-state index contributed by atoms with van der Waals surface area (Å²) in [6, 6.07) is 19.3. The Hall–Kier alpha value is -4.40. The third-order valence-electron chi connectivity index (χ3n) is 4.35. The van der Waals surface area contributed by atoms with Crippen LogP contribution in [-0.2, 0) is 4.79 Å². The van der Waals surface area contributed by atoms with Crippen LogP contribution in [-0.4, -0.2) is 39.6 Å². The number of carbonyl (C=O) groups is 1. The summed E-state index contributed by atoms with van der Waals surface area (Å²) in [5.74, 6) is 2.44. The Morgan fingerprint density at radius 3 is 2.47 bits per heavy atom. The average molecular weight is 431 g/mol. The summed E-state index contributed by atoms with van der Waals surface area (Å²) in [6.45, 7) is 1.78. The van der Waals surface area contributed by atoms with E-state index in [0.717, 1.165) is 5.69 Å². The number of nitrogens with zero attached hydrogens (tertiary/aromatic N) is 4. The maximum Gasteiger partial charge on any atom is 0.262 e. The molecule has 0 saturated carbocycles. The molecule has 0 fully saturated rings. The van der Waals surface area contributed by atoms with Gasteiger partial charge in [0.05, 0.1) is 12.8 Å². The zero-order valence-electron chi connectivity index (χ0n) is 17.6. The summed E-state index contributed by atoms with van der Waals surface area (Å²) in [5, 5.41) is 15.2. The molecule has 4 aromatic rings. The molecule has 2 aromatic heterocycles. The van der Waals surface area contributed by atoms with Crippen molar-refractivity contribution in [3.63, 3.8) is 0 Å². The maximum absolute atomic E-state index is 12.1. The molecule has 0 bridgehead atoms. The predicted octanol–water partition coefficient (Wildman–Crippen LogP) is 3.79. The third kappa shape index (κ3) is 5.39. The van der Waals surface area contributed by atoms with Gasteiger partial charge in [0.2, 0.25) is 5.88 Å². The lowest BCUT2D eigenvalue weighted by Crippen LogP contribution is -2.20. The van der Waals surface area contributed by atoms with Gasteiger partial charge in [-0.1, -0.05) is 6.07 Å². The van der Waals surface area contributed by atoms with Gasteiger partial charge >= 0.3 is 0 Å². The Morgan fingerprint density at radius 1 is 0.969 bits per heavy atom. The van der Waals surface area contributed by atoms with Crippen molar-refractivity contribution in [2.45, 2.75) is 6.92 Å². The largest absolute Gasteiger partial charge is 0.497 e. The van der Waals surface area contributed by atoms with Crippen molar-refractivity contribution in [2.75, 3.05) is 19.0 Å². The van der Waals surface area contributed by atoms with Gasteiger partial charge in [-0.2, -0.15) is 5.10 Å². The number of amides is 1. The molecule has 0 radical (unpaired) electrons. The summed E-state index contributed by atoms with van der Waals surface area (Å²) in [4.78, 5) is 12.1. The molecule has 1 N–H and O–H groups in total. The summed E-state index contributed by atoms with van der Waals surface area (Å²) in [7, 11) is 1.57. The molecule has 0 spiro atoms. The van der Waals surface area contributed by atoms with Crippen molar-refractivity contribution in [1.29, 1.82) is 0 Å². The van der Waals surface area contributed by atoms with Crippen LogP contribution >= 0.6 is 0 Å². The van der Waals surface area contributed by atoms with Crippen molar-refractivity contribution in [3.05, 3.63) is 78.6 Å². The molecule has 4 rings (SSSR count). The zero-order valence-corrected chi connectivity index (χ0v) is 17.6. The monoisotopic (exact) mass is 431 g/mol. The van der Waals surface area contributed by atoms with E-state index in [0.29, 0.717) is 34.6 Å². The second-order valence-corrected chi connectivity index (χ2v) is 6.77.